The number of hydrogen-bond acceptors (Lipinski definition) is 3. The number of hydrogen-bond donors (Lipinski definition) is 3. The zero-order valence-corrected chi connectivity index (χ0v) is 12.9. The van der Waals surface area contributed by atoms with Crippen LogP contribution in [0.5, 0.6) is 0 Å². The van der Waals surface area contributed by atoms with Crippen LogP contribution >= 0.6 is 0 Å². The monoisotopic (exact) mass is 319 g/mol. The number of piperidine rings is 1. The molecule has 0 aromatic heterocycles. The summed E-state index contributed by atoms with van der Waals surface area (Å²) >= 11 is 0. The SMILES string of the molecule is O=C(O)CCNC(=O)Nc1cccc(C(=O)N2CCCCC2)c1. The highest BCUT2D eigenvalue weighted by Gasteiger charge is 2.18. The molecule has 1 aromatic carbocycles. The Hall–Kier alpha value is -2.57. The molecule has 23 heavy (non-hydrogen) atoms. The van der Waals surface area contributed by atoms with Crippen molar-refractivity contribution in [3.8, 4) is 0 Å². The van der Waals surface area contributed by atoms with E-state index in [1.165, 1.54) is 0 Å². The number of benzene rings is 1. The molecule has 0 unspecified atom stereocenters. The number of likely N-dealkylation sites (tertiary alicyclic amines) is 1. The van der Waals surface area contributed by atoms with E-state index in [1.807, 2.05) is 4.90 Å². The summed E-state index contributed by atoms with van der Waals surface area (Å²) in [6, 6.07) is 6.26. The normalized spacial score (nSPS) is 14.2. The molecule has 0 spiro atoms. The number of carboxylic acid groups (broad SMARTS) is 1. The van der Waals surface area contributed by atoms with Gasteiger partial charge in [0.25, 0.3) is 5.91 Å². The molecule has 1 aliphatic rings. The van der Waals surface area contributed by atoms with Gasteiger partial charge in [0.15, 0.2) is 0 Å². The number of nitrogens with one attached hydrogen (secondary N) is 2. The zero-order valence-electron chi connectivity index (χ0n) is 12.9. The van der Waals surface area contributed by atoms with Gasteiger partial charge in [-0.2, -0.15) is 0 Å². The molecule has 124 valence electrons. The van der Waals surface area contributed by atoms with Crippen molar-refractivity contribution in [1.29, 1.82) is 0 Å². The zero-order chi connectivity index (χ0) is 16.7. The summed E-state index contributed by atoms with van der Waals surface area (Å²) in [4.78, 5) is 36.3. The number of aliphatic carboxylic acids is 1. The van der Waals surface area contributed by atoms with E-state index >= 15 is 0 Å². The Morgan fingerprint density at radius 3 is 2.57 bits per heavy atom. The highest BCUT2D eigenvalue weighted by Crippen LogP contribution is 2.16. The highest BCUT2D eigenvalue weighted by molar-refractivity contribution is 5.97. The van der Waals surface area contributed by atoms with Gasteiger partial charge >= 0.3 is 12.0 Å². The molecular weight excluding hydrogens is 298 g/mol. The molecule has 1 heterocycles. The van der Waals surface area contributed by atoms with Crippen LogP contribution in [0.1, 0.15) is 36.0 Å². The number of amides is 3. The molecule has 0 aliphatic carbocycles. The van der Waals surface area contributed by atoms with Crippen LogP contribution < -0.4 is 10.6 Å². The van der Waals surface area contributed by atoms with Gasteiger partial charge in [-0.05, 0) is 37.5 Å². The molecule has 1 aliphatic heterocycles. The third kappa shape index (κ3) is 5.28. The molecule has 1 aromatic rings. The average molecular weight is 319 g/mol. The first-order valence-electron chi connectivity index (χ1n) is 7.72. The van der Waals surface area contributed by atoms with Crippen molar-refractivity contribution in [3.05, 3.63) is 29.8 Å². The largest absolute Gasteiger partial charge is 0.481 e. The summed E-state index contributed by atoms with van der Waals surface area (Å²) in [6.07, 6.45) is 3.06. The van der Waals surface area contributed by atoms with Gasteiger partial charge in [-0.15, -0.1) is 0 Å². The van der Waals surface area contributed by atoms with E-state index in [0.717, 1.165) is 32.4 Å². The molecule has 0 saturated carbocycles. The van der Waals surface area contributed by atoms with Gasteiger partial charge in [-0.1, -0.05) is 6.07 Å². The van der Waals surface area contributed by atoms with Gasteiger partial charge in [-0.25, -0.2) is 4.79 Å². The summed E-state index contributed by atoms with van der Waals surface area (Å²) in [7, 11) is 0. The molecule has 3 N–H and O–H groups in total. The fraction of sp³-hybridized carbons (Fsp3) is 0.438. The second-order valence-electron chi connectivity index (χ2n) is 5.46. The minimum atomic E-state index is -0.973. The minimum Gasteiger partial charge on any atom is -0.481 e. The van der Waals surface area contributed by atoms with Crippen molar-refractivity contribution >= 4 is 23.6 Å². The Kier molecular flexibility index (Phi) is 5.96. The highest BCUT2D eigenvalue weighted by atomic mass is 16.4. The van der Waals surface area contributed by atoms with E-state index in [1.54, 1.807) is 24.3 Å². The van der Waals surface area contributed by atoms with Gasteiger partial charge < -0.3 is 20.6 Å². The summed E-state index contributed by atoms with van der Waals surface area (Å²) in [5.74, 6) is -1.00. The van der Waals surface area contributed by atoms with E-state index in [4.69, 9.17) is 5.11 Å². The first-order valence-corrected chi connectivity index (χ1v) is 7.72. The Morgan fingerprint density at radius 1 is 1.13 bits per heavy atom. The fourth-order valence-electron chi connectivity index (χ4n) is 2.47. The Labute approximate surface area is 134 Å². The minimum absolute atomic E-state index is 0.0281. The summed E-state index contributed by atoms with van der Waals surface area (Å²) in [5, 5.41) is 13.6. The van der Waals surface area contributed by atoms with E-state index in [2.05, 4.69) is 10.6 Å². The molecule has 1 saturated heterocycles. The first kappa shape index (κ1) is 16.8. The summed E-state index contributed by atoms with van der Waals surface area (Å²) < 4.78 is 0. The third-order valence-corrected chi connectivity index (χ3v) is 3.64. The van der Waals surface area contributed by atoms with Crippen LogP contribution in [0.4, 0.5) is 10.5 Å². The van der Waals surface area contributed by atoms with Gasteiger partial charge in [0.1, 0.15) is 0 Å². The lowest BCUT2D eigenvalue weighted by atomic mass is 10.1. The lowest BCUT2D eigenvalue weighted by Crippen LogP contribution is -2.35. The smallest absolute Gasteiger partial charge is 0.319 e. The molecular formula is C16H21N3O4. The van der Waals surface area contributed by atoms with Crippen LogP contribution in [-0.2, 0) is 4.79 Å². The Balaban J connectivity index is 1.92. The fourth-order valence-corrected chi connectivity index (χ4v) is 2.47. The molecule has 7 nitrogen and oxygen atoms in total. The van der Waals surface area contributed by atoms with Crippen LogP contribution in [0.2, 0.25) is 0 Å². The Morgan fingerprint density at radius 2 is 1.87 bits per heavy atom. The lowest BCUT2D eigenvalue weighted by molar-refractivity contribution is -0.136. The number of rotatable bonds is 5. The van der Waals surface area contributed by atoms with Crippen molar-refractivity contribution in [2.24, 2.45) is 0 Å². The number of carbonyl (C=O) groups is 3. The average Bonchev–Trinajstić information content (AvgIpc) is 2.55. The van der Waals surface area contributed by atoms with E-state index in [-0.39, 0.29) is 18.9 Å². The number of anilines is 1. The van der Waals surface area contributed by atoms with Gasteiger partial charge in [-0.3, -0.25) is 9.59 Å². The first-order chi connectivity index (χ1) is 11.1. The molecule has 0 radical (unpaired) electrons. The third-order valence-electron chi connectivity index (χ3n) is 3.64. The quantitative estimate of drug-likeness (QED) is 0.772. The molecule has 7 heteroatoms. The van der Waals surface area contributed by atoms with Crippen LogP contribution in [0.15, 0.2) is 24.3 Å². The van der Waals surface area contributed by atoms with Crippen LogP contribution in [0.3, 0.4) is 0 Å². The maximum absolute atomic E-state index is 12.4. The van der Waals surface area contributed by atoms with Gasteiger partial charge in [0.2, 0.25) is 0 Å². The summed E-state index contributed by atoms with van der Waals surface area (Å²) in [5.41, 5.74) is 1.04. The molecule has 2 rings (SSSR count). The van der Waals surface area contributed by atoms with E-state index in [9.17, 15) is 14.4 Å². The predicted octanol–water partition coefficient (Wildman–Crippen LogP) is 1.91. The molecule has 0 bridgehead atoms. The number of carboxylic acids is 1. The summed E-state index contributed by atoms with van der Waals surface area (Å²) in [6.45, 7) is 1.59. The number of nitrogens with zero attached hydrogens (tertiary/aromatic N) is 1. The molecule has 3 amide bonds. The van der Waals surface area contributed by atoms with Crippen molar-refractivity contribution in [2.75, 3.05) is 25.0 Å². The van der Waals surface area contributed by atoms with Gasteiger partial charge in [0.05, 0.1) is 6.42 Å². The van der Waals surface area contributed by atoms with Crippen LogP contribution in [0.25, 0.3) is 0 Å². The maximum Gasteiger partial charge on any atom is 0.319 e. The molecule has 1 fully saturated rings. The van der Waals surface area contributed by atoms with Crippen molar-refractivity contribution in [2.45, 2.75) is 25.7 Å². The van der Waals surface area contributed by atoms with Crippen LogP contribution in [0, 0.1) is 0 Å². The second kappa shape index (κ2) is 8.17. The van der Waals surface area contributed by atoms with Crippen LogP contribution in [-0.4, -0.2) is 47.5 Å². The van der Waals surface area contributed by atoms with Crippen molar-refractivity contribution in [3.63, 3.8) is 0 Å². The second-order valence-corrected chi connectivity index (χ2v) is 5.46. The molecule has 0 atom stereocenters. The predicted molar refractivity (Wildman–Crippen MR) is 85.5 cm³/mol. The van der Waals surface area contributed by atoms with Gasteiger partial charge in [0, 0.05) is 30.9 Å². The Bertz CT molecular complexity index is 582. The van der Waals surface area contributed by atoms with Crippen molar-refractivity contribution < 1.29 is 19.5 Å². The number of carbonyl (C=O) groups excluding carboxylic acids is 2. The maximum atomic E-state index is 12.4. The topological polar surface area (TPSA) is 98.7 Å². The van der Waals surface area contributed by atoms with E-state index in [0.29, 0.717) is 11.3 Å². The number of urea groups is 1. The lowest BCUT2D eigenvalue weighted by Gasteiger charge is -2.26. The van der Waals surface area contributed by atoms with Crippen molar-refractivity contribution in [1.82, 2.24) is 10.2 Å². The standard InChI is InChI=1S/C16H21N3O4/c20-14(21)7-8-17-16(23)18-13-6-4-5-12(11-13)15(22)19-9-2-1-3-10-19/h4-6,11H,1-3,7-10H2,(H,20,21)(H2,17,18,23). The van der Waals surface area contributed by atoms with E-state index < -0.39 is 12.0 Å².